The average molecular weight is 158 g/mol. The number of carbonyl (C=O) groups is 1. The second kappa shape index (κ2) is 3.72. The van der Waals surface area contributed by atoms with Crippen molar-refractivity contribution in [2.24, 2.45) is 0 Å². The second-order valence-corrected chi connectivity index (χ2v) is 2.76. The zero-order valence-electron chi connectivity index (χ0n) is 7.00. The number of unbranched alkanes of at least 4 members (excludes halogenated alkanes) is 1. The lowest BCUT2D eigenvalue weighted by Crippen LogP contribution is -2.11. The summed E-state index contributed by atoms with van der Waals surface area (Å²) >= 11 is 0. The van der Waals surface area contributed by atoms with Crippen LogP contribution in [0.25, 0.3) is 0 Å². The second-order valence-electron chi connectivity index (χ2n) is 2.76. The number of hydrogen-bond donors (Lipinski definition) is 0. The summed E-state index contributed by atoms with van der Waals surface area (Å²) in [5.41, 5.74) is 0. The Morgan fingerprint density at radius 3 is 2.91 bits per heavy atom. The Hall–Kier alpha value is -0.570. The molecule has 64 valence electrons. The highest BCUT2D eigenvalue weighted by molar-refractivity contribution is 5.77. The number of rotatable bonds is 4. The Morgan fingerprint density at radius 2 is 2.36 bits per heavy atom. The monoisotopic (exact) mass is 158 g/mol. The van der Waals surface area contributed by atoms with Crippen LogP contribution in [-0.4, -0.2) is 25.3 Å². The summed E-state index contributed by atoms with van der Waals surface area (Å²) in [6.45, 7) is 2.12. The molecule has 1 fully saturated rings. The van der Waals surface area contributed by atoms with Crippen LogP contribution in [0, 0.1) is 0 Å². The van der Waals surface area contributed by atoms with Crippen molar-refractivity contribution in [2.75, 3.05) is 7.11 Å². The molecule has 0 N–H and O–H groups in total. The highest BCUT2D eigenvalue weighted by atomic mass is 16.6. The van der Waals surface area contributed by atoms with Gasteiger partial charge in [-0.3, -0.25) is 0 Å². The molecule has 0 spiro atoms. The van der Waals surface area contributed by atoms with Crippen molar-refractivity contribution < 1.29 is 14.3 Å². The molecule has 0 unspecified atom stereocenters. The molecule has 0 aromatic heterocycles. The van der Waals surface area contributed by atoms with Gasteiger partial charge in [0.05, 0.1) is 13.2 Å². The standard InChI is InChI=1S/C8H14O3/c1-3-4-5-6-7(11-6)8(9)10-2/h6-7H,3-5H2,1-2H3/t6-,7-/m1/s1. The highest BCUT2D eigenvalue weighted by Gasteiger charge is 2.45. The van der Waals surface area contributed by atoms with Crippen LogP contribution in [0.3, 0.4) is 0 Å². The molecule has 3 nitrogen and oxygen atoms in total. The molecule has 0 amide bonds. The number of esters is 1. The molecule has 1 heterocycles. The Kier molecular flexibility index (Phi) is 2.88. The predicted octanol–water partition coefficient (Wildman–Crippen LogP) is 1.12. The van der Waals surface area contributed by atoms with E-state index in [2.05, 4.69) is 11.7 Å². The molecule has 1 aliphatic rings. The van der Waals surface area contributed by atoms with Gasteiger partial charge in [0.15, 0.2) is 6.10 Å². The number of hydrogen-bond acceptors (Lipinski definition) is 3. The fraction of sp³-hybridized carbons (Fsp3) is 0.875. The summed E-state index contributed by atoms with van der Waals surface area (Å²) in [4.78, 5) is 10.8. The van der Waals surface area contributed by atoms with Gasteiger partial charge in [-0.1, -0.05) is 19.8 Å². The van der Waals surface area contributed by atoms with Crippen LogP contribution in [0.5, 0.6) is 0 Å². The normalized spacial score (nSPS) is 28.2. The van der Waals surface area contributed by atoms with Gasteiger partial charge in [0.1, 0.15) is 0 Å². The van der Waals surface area contributed by atoms with E-state index in [4.69, 9.17) is 4.74 Å². The van der Waals surface area contributed by atoms with E-state index in [1.165, 1.54) is 7.11 Å². The first-order valence-electron chi connectivity index (χ1n) is 4.03. The van der Waals surface area contributed by atoms with Crippen molar-refractivity contribution in [1.29, 1.82) is 0 Å². The minimum Gasteiger partial charge on any atom is -0.467 e. The van der Waals surface area contributed by atoms with Gasteiger partial charge in [0.25, 0.3) is 0 Å². The molecule has 1 saturated heterocycles. The molecule has 0 aliphatic carbocycles. The topological polar surface area (TPSA) is 38.8 Å². The highest BCUT2D eigenvalue weighted by Crippen LogP contribution is 2.27. The third-order valence-electron chi connectivity index (χ3n) is 1.86. The summed E-state index contributed by atoms with van der Waals surface area (Å²) in [6, 6.07) is 0. The van der Waals surface area contributed by atoms with E-state index < -0.39 is 0 Å². The molecule has 3 heteroatoms. The number of epoxide rings is 1. The van der Waals surface area contributed by atoms with Gasteiger partial charge in [-0.2, -0.15) is 0 Å². The van der Waals surface area contributed by atoms with Crippen LogP contribution in [0.1, 0.15) is 26.2 Å². The fourth-order valence-electron chi connectivity index (χ4n) is 1.09. The van der Waals surface area contributed by atoms with E-state index in [0.29, 0.717) is 0 Å². The van der Waals surface area contributed by atoms with E-state index in [1.54, 1.807) is 0 Å². The van der Waals surface area contributed by atoms with Crippen LogP contribution in [0.4, 0.5) is 0 Å². The Morgan fingerprint density at radius 1 is 1.64 bits per heavy atom. The van der Waals surface area contributed by atoms with Gasteiger partial charge < -0.3 is 9.47 Å². The van der Waals surface area contributed by atoms with Crippen LogP contribution in [0.2, 0.25) is 0 Å². The lowest BCUT2D eigenvalue weighted by atomic mass is 10.2. The third-order valence-corrected chi connectivity index (χ3v) is 1.86. The Labute approximate surface area is 66.7 Å². The first-order valence-corrected chi connectivity index (χ1v) is 4.03. The van der Waals surface area contributed by atoms with E-state index in [1.807, 2.05) is 0 Å². The molecule has 1 aliphatic heterocycles. The fourth-order valence-corrected chi connectivity index (χ4v) is 1.09. The Balaban J connectivity index is 2.11. The zero-order chi connectivity index (χ0) is 8.27. The minimum absolute atomic E-state index is 0.141. The summed E-state index contributed by atoms with van der Waals surface area (Å²) in [5, 5.41) is 0. The molecule has 11 heavy (non-hydrogen) atoms. The molecule has 0 aromatic carbocycles. The Bertz CT molecular complexity index is 144. The third kappa shape index (κ3) is 2.19. The SMILES string of the molecule is CCCC[C@H]1O[C@H]1C(=O)OC. The van der Waals surface area contributed by atoms with Crippen molar-refractivity contribution in [3.63, 3.8) is 0 Å². The molecule has 2 atom stereocenters. The lowest BCUT2D eigenvalue weighted by molar-refractivity contribution is -0.142. The lowest BCUT2D eigenvalue weighted by Gasteiger charge is -1.92. The summed E-state index contributed by atoms with van der Waals surface area (Å²) in [6.07, 6.45) is 3.14. The quantitative estimate of drug-likeness (QED) is 0.454. The van der Waals surface area contributed by atoms with Crippen molar-refractivity contribution >= 4 is 5.97 Å². The van der Waals surface area contributed by atoms with Crippen LogP contribution < -0.4 is 0 Å². The molecule has 1 rings (SSSR count). The first kappa shape index (κ1) is 8.53. The maximum absolute atomic E-state index is 10.8. The van der Waals surface area contributed by atoms with E-state index in [-0.39, 0.29) is 18.2 Å². The molecule has 0 radical (unpaired) electrons. The maximum Gasteiger partial charge on any atom is 0.337 e. The summed E-state index contributed by atoms with van der Waals surface area (Å²) in [5.74, 6) is -0.230. The van der Waals surface area contributed by atoms with Crippen LogP contribution in [-0.2, 0) is 14.3 Å². The van der Waals surface area contributed by atoms with E-state index in [9.17, 15) is 4.79 Å². The molecule has 0 bridgehead atoms. The summed E-state index contributed by atoms with van der Waals surface area (Å²) in [7, 11) is 1.39. The van der Waals surface area contributed by atoms with Gasteiger partial charge in [-0.25, -0.2) is 4.79 Å². The van der Waals surface area contributed by atoms with Crippen molar-refractivity contribution in [2.45, 2.75) is 38.4 Å². The van der Waals surface area contributed by atoms with Gasteiger partial charge in [0.2, 0.25) is 0 Å². The number of ether oxygens (including phenoxy) is 2. The van der Waals surface area contributed by atoms with E-state index >= 15 is 0 Å². The van der Waals surface area contributed by atoms with Crippen LogP contribution in [0.15, 0.2) is 0 Å². The van der Waals surface area contributed by atoms with Crippen molar-refractivity contribution in [3.05, 3.63) is 0 Å². The zero-order valence-corrected chi connectivity index (χ0v) is 7.00. The first-order chi connectivity index (χ1) is 5.29. The predicted molar refractivity (Wildman–Crippen MR) is 40.2 cm³/mol. The van der Waals surface area contributed by atoms with Gasteiger partial charge in [-0.05, 0) is 6.42 Å². The minimum atomic E-state index is -0.258. The van der Waals surface area contributed by atoms with E-state index in [0.717, 1.165) is 19.3 Å². The maximum atomic E-state index is 10.8. The summed E-state index contributed by atoms with van der Waals surface area (Å²) < 4.78 is 9.62. The van der Waals surface area contributed by atoms with Gasteiger partial charge in [-0.15, -0.1) is 0 Å². The average Bonchev–Trinajstić information content (AvgIpc) is 2.78. The molecular weight excluding hydrogens is 144 g/mol. The largest absolute Gasteiger partial charge is 0.467 e. The number of carbonyl (C=O) groups excluding carboxylic acids is 1. The molecule has 0 aromatic rings. The smallest absolute Gasteiger partial charge is 0.337 e. The van der Waals surface area contributed by atoms with Crippen LogP contribution >= 0.6 is 0 Å². The van der Waals surface area contributed by atoms with Crippen molar-refractivity contribution in [1.82, 2.24) is 0 Å². The molecule has 0 saturated carbocycles. The molecular formula is C8H14O3. The van der Waals surface area contributed by atoms with Crippen molar-refractivity contribution in [3.8, 4) is 0 Å². The number of methoxy groups -OCH3 is 1. The van der Waals surface area contributed by atoms with Gasteiger partial charge >= 0.3 is 5.97 Å². The van der Waals surface area contributed by atoms with Gasteiger partial charge in [0, 0.05) is 0 Å².